The SMILES string of the molecule is CCC(C)OCC(O)c1ccc(OC)cc1. The molecule has 0 heterocycles. The number of ether oxygens (including phenoxy) is 2. The number of hydrogen-bond acceptors (Lipinski definition) is 3. The van der Waals surface area contributed by atoms with Crippen molar-refractivity contribution in [2.75, 3.05) is 13.7 Å². The zero-order valence-corrected chi connectivity index (χ0v) is 10.1. The van der Waals surface area contributed by atoms with Crippen LogP contribution in [0.5, 0.6) is 5.75 Å². The average Bonchev–Trinajstić information content (AvgIpc) is 2.35. The summed E-state index contributed by atoms with van der Waals surface area (Å²) in [4.78, 5) is 0. The number of benzene rings is 1. The maximum Gasteiger partial charge on any atom is 0.118 e. The van der Waals surface area contributed by atoms with Crippen LogP contribution >= 0.6 is 0 Å². The highest BCUT2D eigenvalue weighted by Crippen LogP contribution is 2.18. The molecule has 0 aliphatic carbocycles. The van der Waals surface area contributed by atoms with Gasteiger partial charge in [0.1, 0.15) is 11.9 Å². The van der Waals surface area contributed by atoms with Crippen molar-refractivity contribution in [3.05, 3.63) is 29.8 Å². The molecule has 3 nitrogen and oxygen atoms in total. The molecule has 0 saturated carbocycles. The van der Waals surface area contributed by atoms with Crippen molar-refractivity contribution in [3.63, 3.8) is 0 Å². The lowest BCUT2D eigenvalue weighted by Crippen LogP contribution is -2.13. The molecule has 0 amide bonds. The molecule has 0 bridgehead atoms. The van der Waals surface area contributed by atoms with Crippen molar-refractivity contribution >= 4 is 0 Å². The number of rotatable bonds is 6. The van der Waals surface area contributed by atoms with E-state index < -0.39 is 6.10 Å². The molecule has 0 spiro atoms. The summed E-state index contributed by atoms with van der Waals surface area (Å²) in [5, 5.41) is 9.86. The van der Waals surface area contributed by atoms with Gasteiger partial charge in [0.05, 0.1) is 19.8 Å². The van der Waals surface area contributed by atoms with E-state index in [9.17, 15) is 5.11 Å². The lowest BCUT2D eigenvalue weighted by atomic mass is 10.1. The monoisotopic (exact) mass is 224 g/mol. The second kappa shape index (κ2) is 6.51. The van der Waals surface area contributed by atoms with E-state index in [4.69, 9.17) is 9.47 Å². The molecule has 1 aromatic carbocycles. The van der Waals surface area contributed by atoms with Crippen LogP contribution in [0.2, 0.25) is 0 Å². The quantitative estimate of drug-likeness (QED) is 0.807. The molecular formula is C13H20O3. The van der Waals surface area contributed by atoms with Crippen LogP contribution in [0.4, 0.5) is 0 Å². The summed E-state index contributed by atoms with van der Waals surface area (Å²) < 4.78 is 10.5. The van der Waals surface area contributed by atoms with Crippen molar-refractivity contribution in [2.45, 2.75) is 32.5 Å². The van der Waals surface area contributed by atoms with Gasteiger partial charge in [0.2, 0.25) is 0 Å². The number of aliphatic hydroxyl groups excluding tert-OH is 1. The highest BCUT2D eigenvalue weighted by molar-refractivity contribution is 5.28. The Labute approximate surface area is 97.0 Å². The fourth-order valence-corrected chi connectivity index (χ4v) is 1.30. The molecule has 1 aromatic rings. The molecule has 1 N–H and O–H groups in total. The van der Waals surface area contributed by atoms with E-state index in [-0.39, 0.29) is 6.10 Å². The van der Waals surface area contributed by atoms with Crippen LogP contribution in [-0.4, -0.2) is 24.9 Å². The molecule has 0 radical (unpaired) electrons. The van der Waals surface area contributed by atoms with Crippen molar-refractivity contribution < 1.29 is 14.6 Å². The van der Waals surface area contributed by atoms with Crippen LogP contribution < -0.4 is 4.74 Å². The minimum Gasteiger partial charge on any atom is -0.497 e. The van der Waals surface area contributed by atoms with Crippen LogP contribution in [0.25, 0.3) is 0 Å². The van der Waals surface area contributed by atoms with E-state index in [2.05, 4.69) is 6.92 Å². The predicted octanol–water partition coefficient (Wildman–Crippen LogP) is 2.54. The number of hydrogen-bond donors (Lipinski definition) is 1. The first-order valence-electron chi connectivity index (χ1n) is 5.61. The van der Waals surface area contributed by atoms with Crippen LogP contribution in [0.1, 0.15) is 31.9 Å². The Morgan fingerprint density at radius 2 is 1.88 bits per heavy atom. The van der Waals surface area contributed by atoms with E-state index in [1.807, 2.05) is 31.2 Å². The Kier molecular flexibility index (Phi) is 5.29. The summed E-state index contributed by atoms with van der Waals surface area (Å²) in [7, 11) is 1.62. The third-order valence-corrected chi connectivity index (χ3v) is 2.61. The molecule has 0 aliphatic heterocycles. The van der Waals surface area contributed by atoms with Gasteiger partial charge in [0.15, 0.2) is 0 Å². The molecule has 0 fully saturated rings. The van der Waals surface area contributed by atoms with Crippen molar-refractivity contribution in [3.8, 4) is 5.75 Å². The zero-order chi connectivity index (χ0) is 12.0. The summed E-state index contributed by atoms with van der Waals surface area (Å²) in [6.07, 6.45) is 0.572. The summed E-state index contributed by atoms with van der Waals surface area (Å²) in [5.41, 5.74) is 0.851. The minimum atomic E-state index is -0.570. The van der Waals surface area contributed by atoms with Crippen LogP contribution in [0, 0.1) is 0 Å². The van der Waals surface area contributed by atoms with Gasteiger partial charge in [-0.3, -0.25) is 0 Å². The lowest BCUT2D eigenvalue weighted by Gasteiger charge is -2.15. The van der Waals surface area contributed by atoms with Crippen molar-refractivity contribution in [2.24, 2.45) is 0 Å². The molecule has 1 rings (SSSR count). The van der Waals surface area contributed by atoms with Crippen LogP contribution in [-0.2, 0) is 4.74 Å². The molecule has 16 heavy (non-hydrogen) atoms. The molecule has 2 atom stereocenters. The maximum absolute atomic E-state index is 9.86. The first-order valence-corrected chi connectivity index (χ1v) is 5.61. The number of methoxy groups -OCH3 is 1. The van der Waals surface area contributed by atoms with Crippen LogP contribution in [0.3, 0.4) is 0 Å². The second-order valence-electron chi connectivity index (χ2n) is 3.84. The van der Waals surface area contributed by atoms with Crippen molar-refractivity contribution in [1.82, 2.24) is 0 Å². The van der Waals surface area contributed by atoms with E-state index in [1.54, 1.807) is 7.11 Å². The molecule has 90 valence electrons. The van der Waals surface area contributed by atoms with E-state index in [1.165, 1.54) is 0 Å². The topological polar surface area (TPSA) is 38.7 Å². The Hall–Kier alpha value is -1.06. The molecule has 0 saturated heterocycles. The van der Waals surface area contributed by atoms with Gasteiger partial charge >= 0.3 is 0 Å². The first-order chi connectivity index (χ1) is 7.67. The van der Waals surface area contributed by atoms with E-state index in [0.717, 1.165) is 17.7 Å². The van der Waals surface area contributed by atoms with Gasteiger partial charge in [-0.1, -0.05) is 19.1 Å². The highest BCUT2D eigenvalue weighted by atomic mass is 16.5. The second-order valence-corrected chi connectivity index (χ2v) is 3.84. The first kappa shape index (κ1) is 13.0. The third-order valence-electron chi connectivity index (χ3n) is 2.61. The fourth-order valence-electron chi connectivity index (χ4n) is 1.30. The number of aliphatic hydroxyl groups is 1. The van der Waals surface area contributed by atoms with Gasteiger partial charge < -0.3 is 14.6 Å². The Balaban J connectivity index is 2.49. The Morgan fingerprint density at radius 1 is 1.25 bits per heavy atom. The van der Waals surface area contributed by atoms with Gasteiger partial charge in [-0.05, 0) is 31.0 Å². The van der Waals surface area contributed by atoms with Gasteiger partial charge in [0.25, 0.3) is 0 Å². The predicted molar refractivity (Wildman–Crippen MR) is 63.7 cm³/mol. The maximum atomic E-state index is 9.86. The summed E-state index contributed by atoms with van der Waals surface area (Å²) in [6, 6.07) is 7.37. The Morgan fingerprint density at radius 3 is 2.38 bits per heavy atom. The zero-order valence-electron chi connectivity index (χ0n) is 10.1. The van der Waals surface area contributed by atoms with E-state index in [0.29, 0.717) is 6.61 Å². The summed E-state index contributed by atoms with van der Waals surface area (Å²) in [5.74, 6) is 0.791. The fraction of sp³-hybridized carbons (Fsp3) is 0.538. The van der Waals surface area contributed by atoms with Gasteiger partial charge in [-0.2, -0.15) is 0 Å². The summed E-state index contributed by atoms with van der Waals surface area (Å²) in [6.45, 7) is 4.40. The smallest absolute Gasteiger partial charge is 0.118 e. The normalized spacial score (nSPS) is 14.5. The molecule has 0 aromatic heterocycles. The van der Waals surface area contributed by atoms with Crippen LogP contribution in [0.15, 0.2) is 24.3 Å². The van der Waals surface area contributed by atoms with E-state index >= 15 is 0 Å². The highest BCUT2D eigenvalue weighted by Gasteiger charge is 2.09. The summed E-state index contributed by atoms with van der Waals surface area (Å²) >= 11 is 0. The Bertz CT molecular complexity index is 295. The largest absolute Gasteiger partial charge is 0.497 e. The lowest BCUT2D eigenvalue weighted by molar-refractivity contribution is -0.00376. The minimum absolute atomic E-state index is 0.188. The molecule has 0 aliphatic rings. The van der Waals surface area contributed by atoms with Gasteiger partial charge in [-0.25, -0.2) is 0 Å². The molecular weight excluding hydrogens is 204 g/mol. The molecule has 3 heteroatoms. The standard InChI is InChI=1S/C13H20O3/c1-4-10(2)16-9-13(14)11-5-7-12(15-3)8-6-11/h5-8,10,13-14H,4,9H2,1-3H3. The van der Waals surface area contributed by atoms with Gasteiger partial charge in [0, 0.05) is 0 Å². The molecule has 2 unspecified atom stereocenters. The van der Waals surface area contributed by atoms with Gasteiger partial charge in [-0.15, -0.1) is 0 Å². The van der Waals surface area contributed by atoms with Crippen molar-refractivity contribution in [1.29, 1.82) is 0 Å². The third kappa shape index (κ3) is 3.83. The average molecular weight is 224 g/mol.